The molecule has 1 fully saturated rings. The predicted molar refractivity (Wildman–Crippen MR) is 119 cm³/mol. The van der Waals surface area contributed by atoms with Gasteiger partial charge in [-0.25, -0.2) is 4.99 Å². The minimum absolute atomic E-state index is 0.0121. The third-order valence-corrected chi connectivity index (χ3v) is 6.08. The van der Waals surface area contributed by atoms with Crippen LogP contribution >= 0.6 is 35.0 Å². The van der Waals surface area contributed by atoms with E-state index in [1.807, 2.05) is 66.7 Å². The Morgan fingerprint density at radius 2 is 1.61 bits per heavy atom. The summed E-state index contributed by atoms with van der Waals surface area (Å²) in [5, 5.41) is 1.55. The molecule has 1 heterocycles. The summed E-state index contributed by atoms with van der Waals surface area (Å²) in [5.41, 5.74) is 2.46. The second-order valence-electron chi connectivity index (χ2n) is 6.29. The normalized spacial score (nSPS) is 18.1. The van der Waals surface area contributed by atoms with Crippen LogP contribution in [0, 0.1) is 0 Å². The van der Waals surface area contributed by atoms with Gasteiger partial charge >= 0.3 is 0 Å². The molecule has 1 aliphatic rings. The zero-order valence-electron chi connectivity index (χ0n) is 14.8. The van der Waals surface area contributed by atoms with E-state index >= 15 is 0 Å². The van der Waals surface area contributed by atoms with E-state index in [4.69, 9.17) is 28.2 Å². The standard InChI is InChI=1S/C22H16Cl2N2OS/c23-16-11-12-19(24)15(13-16)14-20-21(27)26(18-9-5-2-6-10-18)22(28-20)25-17-7-3-1-4-8-17/h1-13,20H,14H2/t20-/m1/s1. The average molecular weight is 427 g/mol. The molecule has 0 aromatic heterocycles. The molecule has 1 aliphatic heterocycles. The first kappa shape index (κ1) is 19.1. The summed E-state index contributed by atoms with van der Waals surface area (Å²) in [6, 6.07) is 24.5. The van der Waals surface area contributed by atoms with Gasteiger partial charge in [0.15, 0.2) is 5.17 Å². The van der Waals surface area contributed by atoms with Crippen molar-refractivity contribution >= 4 is 57.4 Å². The summed E-state index contributed by atoms with van der Waals surface area (Å²) in [7, 11) is 0. The van der Waals surface area contributed by atoms with Crippen molar-refractivity contribution in [2.45, 2.75) is 11.7 Å². The van der Waals surface area contributed by atoms with Crippen molar-refractivity contribution in [2.24, 2.45) is 4.99 Å². The summed E-state index contributed by atoms with van der Waals surface area (Å²) in [6.07, 6.45) is 0.486. The Balaban J connectivity index is 1.70. The lowest BCUT2D eigenvalue weighted by Gasteiger charge is -2.16. The second-order valence-corrected chi connectivity index (χ2v) is 8.30. The highest BCUT2D eigenvalue weighted by atomic mass is 35.5. The molecule has 0 unspecified atom stereocenters. The zero-order valence-corrected chi connectivity index (χ0v) is 17.1. The number of hydrogen-bond donors (Lipinski definition) is 0. The Labute approximate surface area is 178 Å². The lowest BCUT2D eigenvalue weighted by atomic mass is 10.1. The first-order chi connectivity index (χ1) is 13.6. The monoisotopic (exact) mass is 426 g/mol. The molecule has 28 heavy (non-hydrogen) atoms. The number of amidine groups is 1. The van der Waals surface area contributed by atoms with Gasteiger partial charge in [-0.1, -0.05) is 71.4 Å². The van der Waals surface area contributed by atoms with E-state index in [-0.39, 0.29) is 11.2 Å². The predicted octanol–water partition coefficient (Wildman–Crippen LogP) is 6.37. The topological polar surface area (TPSA) is 32.7 Å². The molecule has 0 N–H and O–H groups in total. The van der Waals surface area contributed by atoms with Gasteiger partial charge in [0, 0.05) is 10.0 Å². The maximum Gasteiger partial charge on any atom is 0.247 e. The molecule has 0 saturated carbocycles. The molecule has 140 valence electrons. The van der Waals surface area contributed by atoms with Crippen LogP contribution in [0.15, 0.2) is 83.9 Å². The number of aliphatic imine (C=N–C) groups is 1. The fourth-order valence-electron chi connectivity index (χ4n) is 3.00. The number of benzene rings is 3. The van der Waals surface area contributed by atoms with Crippen LogP contribution < -0.4 is 4.90 Å². The number of para-hydroxylation sites is 2. The lowest BCUT2D eigenvalue weighted by Crippen LogP contribution is -2.32. The van der Waals surface area contributed by atoms with Crippen LogP contribution in [0.3, 0.4) is 0 Å². The van der Waals surface area contributed by atoms with Crippen molar-refractivity contribution in [1.29, 1.82) is 0 Å². The maximum absolute atomic E-state index is 13.3. The van der Waals surface area contributed by atoms with Gasteiger partial charge < -0.3 is 0 Å². The Kier molecular flexibility index (Phi) is 5.72. The average Bonchev–Trinajstić information content (AvgIpc) is 3.01. The van der Waals surface area contributed by atoms with Crippen molar-refractivity contribution < 1.29 is 4.79 Å². The first-order valence-corrected chi connectivity index (χ1v) is 10.4. The number of thioether (sulfide) groups is 1. The first-order valence-electron chi connectivity index (χ1n) is 8.75. The molecule has 3 aromatic rings. The van der Waals surface area contributed by atoms with E-state index in [0.29, 0.717) is 21.6 Å². The summed E-state index contributed by atoms with van der Waals surface area (Å²) in [4.78, 5) is 19.7. The van der Waals surface area contributed by atoms with Gasteiger partial charge in [0.2, 0.25) is 5.91 Å². The molecule has 3 nitrogen and oxygen atoms in total. The highest BCUT2D eigenvalue weighted by molar-refractivity contribution is 8.16. The van der Waals surface area contributed by atoms with Gasteiger partial charge in [-0.05, 0) is 54.4 Å². The number of rotatable bonds is 4. The van der Waals surface area contributed by atoms with E-state index in [1.165, 1.54) is 11.8 Å². The van der Waals surface area contributed by atoms with E-state index in [2.05, 4.69) is 0 Å². The third kappa shape index (κ3) is 4.09. The number of halogens is 2. The minimum atomic E-state index is -0.321. The molecule has 1 amide bonds. The highest BCUT2D eigenvalue weighted by Gasteiger charge is 2.39. The molecule has 0 bridgehead atoms. The van der Waals surface area contributed by atoms with Crippen LogP contribution in [-0.4, -0.2) is 16.3 Å². The summed E-state index contributed by atoms with van der Waals surface area (Å²) in [6.45, 7) is 0. The Morgan fingerprint density at radius 3 is 2.32 bits per heavy atom. The lowest BCUT2D eigenvalue weighted by molar-refractivity contribution is -0.116. The summed E-state index contributed by atoms with van der Waals surface area (Å²) < 4.78 is 0. The van der Waals surface area contributed by atoms with Crippen LogP contribution in [0.25, 0.3) is 0 Å². The van der Waals surface area contributed by atoms with Gasteiger partial charge in [0.25, 0.3) is 0 Å². The fraction of sp³-hybridized carbons (Fsp3) is 0.0909. The van der Waals surface area contributed by atoms with E-state index < -0.39 is 0 Å². The van der Waals surface area contributed by atoms with Crippen LogP contribution in [0.4, 0.5) is 11.4 Å². The van der Waals surface area contributed by atoms with E-state index in [1.54, 1.807) is 17.0 Å². The molecule has 0 spiro atoms. The van der Waals surface area contributed by atoms with Crippen molar-refractivity contribution in [3.05, 3.63) is 94.5 Å². The molecule has 0 radical (unpaired) electrons. The number of amides is 1. The third-order valence-electron chi connectivity index (χ3n) is 4.34. The van der Waals surface area contributed by atoms with Gasteiger partial charge in [0.05, 0.1) is 16.6 Å². The fourth-order valence-corrected chi connectivity index (χ4v) is 4.57. The molecular formula is C22H16Cl2N2OS. The zero-order chi connectivity index (χ0) is 19.5. The van der Waals surface area contributed by atoms with E-state index in [0.717, 1.165) is 16.9 Å². The number of carbonyl (C=O) groups is 1. The number of carbonyl (C=O) groups excluding carboxylic acids is 1. The van der Waals surface area contributed by atoms with Gasteiger partial charge in [-0.3, -0.25) is 9.69 Å². The molecule has 3 aromatic carbocycles. The van der Waals surface area contributed by atoms with Gasteiger partial charge in [-0.2, -0.15) is 0 Å². The highest BCUT2D eigenvalue weighted by Crippen LogP contribution is 2.36. The molecule has 1 atom stereocenters. The second kappa shape index (κ2) is 8.39. The van der Waals surface area contributed by atoms with Crippen molar-refractivity contribution in [1.82, 2.24) is 0 Å². The van der Waals surface area contributed by atoms with Crippen molar-refractivity contribution in [3.8, 4) is 0 Å². The van der Waals surface area contributed by atoms with Crippen molar-refractivity contribution in [3.63, 3.8) is 0 Å². The molecule has 6 heteroatoms. The molecule has 0 aliphatic carbocycles. The van der Waals surface area contributed by atoms with Crippen molar-refractivity contribution in [2.75, 3.05) is 4.90 Å². The van der Waals surface area contributed by atoms with Gasteiger partial charge in [0.1, 0.15) is 0 Å². The number of nitrogens with zero attached hydrogens (tertiary/aromatic N) is 2. The SMILES string of the molecule is O=C1[C@@H](Cc2cc(Cl)ccc2Cl)SC(=Nc2ccccc2)N1c1ccccc1. The molecule has 1 saturated heterocycles. The summed E-state index contributed by atoms with van der Waals surface area (Å²) in [5.74, 6) is -0.0121. The van der Waals surface area contributed by atoms with Gasteiger partial charge in [-0.15, -0.1) is 0 Å². The van der Waals surface area contributed by atoms with E-state index in [9.17, 15) is 4.79 Å². The summed E-state index contributed by atoms with van der Waals surface area (Å²) >= 11 is 13.9. The Bertz CT molecular complexity index is 1030. The number of anilines is 1. The van der Waals surface area contributed by atoms with Crippen LogP contribution in [0.5, 0.6) is 0 Å². The largest absolute Gasteiger partial charge is 0.273 e. The van der Waals surface area contributed by atoms with Crippen LogP contribution in [0.2, 0.25) is 10.0 Å². The quantitative estimate of drug-likeness (QED) is 0.485. The molecule has 4 rings (SSSR count). The molecular weight excluding hydrogens is 411 g/mol. The Morgan fingerprint density at radius 1 is 0.929 bits per heavy atom. The van der Waals surface area contributed by atoms with Crippen LogP contribution in [-0.2, 0) is 11.2 Å². The maximum atomic E-state index is 13.3. The number of hydrogen-bond acceptors (Lipinski definition) is 3. The van der Waals surface area contributed by atoms with Crippen LogP contribution in [0.1, 0.15) is 5.56 Å². The minimum Gasteiger partial charge on any atom is -0.273 e. The Hall–Kier alpha value is -2.27. The smallest absolute Gasteiger partial charge is 0.247 e.